The molecule has 1 heterocycles. The van der Waals surface area contributed by atoms with Crippen LogP contribution in [0.25, 0.3) is 0 Å². The average Bonchev–Trinajstić information content (AvgIpc) is 2.83. The van der Waals surface area contributed by atoms with Crippen LogP contribution in [0.4, 0.5) is 27.6 Å². The molecule has 1 amide bonds. The van der Waals surface area contributed by atoms with Crippen LogP contribution in [-0.2, 0) is 13.2 Å². The number of hydrogen-bond acceptors (Lipinski definition) is 3. The Morgan fingerprint density at radius 1 is 1.29 bits per heavy atom. The van der Waals surface area contributed by atoms with Gasteiger partial charge in [0.15, 0.2) is 5.69 Å². The first-order chi connectivity index (χ1) is 11.1. The van der Waals surface area contributed by atoms with Crippen LogP contribution in [-0.4, -0.2) is 22.3 Å². The second-order valence-electron chi connectivity index (χ2n) is 4.87. The van der Waals surface area contributed by atoms with Gasteiger partial charge in [-0.3, -0.25) is 9.48 Å². The lowest BCUT2D eigenvalue weighted by molar-refractivity contribution is -0.143. The zero-order valence-corrected chi connectivity index (χ0v) is 12.5. The molecule has 1 aromatic heterocycles. The van der Waals surface area contributed by atoms with E-state index in [0.717, 1.165) is 7.05 Å². The van der Waals surface area contributed by atoms with Gasteiger partial charge < -0.3 is 10.1 Å². The van der Waals surface area contributed by atoms with E-state index in [0.29, 0.717) is 16.3 Å². The standard InChI is InChI=1S/C14H12F5N3O2/c1-7-3-4-8(10(5-7)24-13(15)16)20-12(23)9-6-11(14(17,18)19)22(2)21-9/h3-6,13H,1-2H3,(H,20,23). The normalized spacial score (nSPS) is 11.7. The van der Waals surface area contributed by atoms with Gasteiger partial charge >= 0.3 is 12.8 Å². The van der Waals surface area contributed by atoms with Crippen molar-refractivity contribution in [2.75, 3.05) is 5.32 Å². The summed E-state index contributed by atoms with van der Waals surface area (Å²) >= 11 is 0. The number of anilines is 1. The SMILES string of the molecule is Cc1ccc(NC(=O)c2cc(C(F)(F)F)n(C)n2)c(OC(F)F)c1. The lowest BCUT2D eigenvalue weighted by atomic mass is 10.2. The third-order valence-electron chi connectivity index (χ3n) is 3.00. The highest BCUT2D eigenvalue weighted by Crippen LogP contribution is 2.30. The van der Waals surface area contributed by atoms with Crippen LogP contribution in [0.15, 0.2) is 24.3 Å². The number of rotatable bonds is 4. The molecule has 0 fully saturated rings. The van der Waals surface area contributed by atoms with Crippen LogP contribution in [0, 0.1) is 6.92 Å². The summed E-state index contributed by atoms with van der Waals surface area (Å²) < 4.78 is 67.7. The molecule has 10 heteroatoms. The second-order valence-corrected chi connectivity index (χ2v) is 4.87. The maximum atomic E-state index is 12.7. The van der Waals surface area contributed by atoms with E-state index in [1.165, 1.54) is 18.2 Å². The van der Waals surface area contributed by atoms with Crippen molar-refractivity contribution in [3.05, 3.63) is 41.2 Å². The highest BCUT2D eigenvalue weighted by molar-refractivity contribution is 6.03. The summed E-state index contributed by atoms with van der Waals surface area (Å²) in [5.41, 5.74) is -1.13. The highest BCUT2D eigenvalue weighted by atomic mass is 19.4. The number of amides is 1. The van der Waals surface area contributed by atoms with Crippen LogP contribution in [0.2, 0.25) is 0 Å². The summed E-state index contributed by atoms with van der Waals surface area (Å²) in [5.74, 6) is -1.28. The topological polar surface area (TPSA) is 56.2 Å². The Morgan fingerprint density at radius 2 is 1.96 bits per heavy atom. The van der Waals surface area contributed by atoms with E-state index in [4.69, 9.17) is 0 Å². The predicted octanol–water partition coefficient (Wildman–Crippen LogP) is 3.60. The average molecular weight is 349 g/mol. The predicted molar refractivity (Wildman–Crippen MR) is 74.0 cm³/mol. The fourth-order valence-corrected chi connectivity index (χ4v) is 1.96. The minimum atomic E-state index is -4.67. The number of nitrogens with one attached hydrogen (secondary N) is 1. The van der Waals surface area contributed by atoms with Gasteiger partial charge in [0.05, 0.1) is 5.69 Å². The molecule has 0 spiro atoms. The van der Waals surface area contributed by atoms with E-state index in [9.17, 15) is 26.7 Å². The Bertz CT molecular complexity index is 755. The van der Waals surface area contributed by atoms with Crippen molar-refractivity contribution in [1.29, 1.82) is 0 Å². The molecule has 130 valence electrons. The number of carbonyl (C=O) groups excluding carboxylic acids is 1. The Kier molecular flexibility index (Phi) is 4.76. The quantitative estimate of drug-likeness (QED) is 0.858. The summed E-state index contributed by atoms with van der Waals surface area (Å²) in [6, 6.07) is 4.66. The van der Waals surface area contributed by atoms with Gasteiger partial charge in [-0.1, -0.05) is 6.07 Å². The summed E-state index contributed by atoms with van der Waals surface area (Å²) in [4.78, 5) is 12.0. The number of nitrogens with zero attached hydrogens (tertiary/aromatic N) is 2. The molecule has 0 unspecified atom stereocenters. The van der Waals surface area contributed by atoms with Crippen molar-refractivity contribution in [2.24, 2.45) is 7.05 Å². The van der Waals surface area contributed by atoms with Crippen molar-refractivity contribution in [3.63, 3.8) is 0 Å². The Hall–Kier alpha value is -2.65. The molecular weight excluding hydrogens is 337 g/mol. The van der Waals surface area contributed by atoms with Gasteiger partial charge in [0.2, 0.25) is 0 Å². The molecule has 0 bridgehead atoms. The molecule has 2 aromatic rings. The lowest BCUT2D eigenvalue weighted by Crippen LogP contribution is -2.15. The third kappa shape index (κ3) is 4.00. The molecule has 0 aliphatic heterocycles. The van der Waals surface area contributed by atoms with E-state index in [1.807, 2.05) is 0 Å². The number of alkyl halides is 5. The first-order valence-corrected chi connectivity index (χ1v) is 6.56. The van der Waals surface area contributed by atoms with E-state index in [1.54, 1.807) is 6.92 Å². The molecule has 0 atom stereocenters. The zero-order chi connectivity index (χ0) is 18.1. The fraction of sp³-hybridized carbons (Fsp3) is 0.286. The summed E-state index contributed by atoms with van der Waals surface area (Å²) in [6.45, 7) is -1.49. The summed E-state index contributed by atoms with van der Waals surface area (Å²) in [5, 5.41) is 5.69. The molecule has 5 nitrogen and oxygen atoms in total. The highest BCUT2D eigenvalue weighted by Gasteiger charge is 2.35. The van der Waals surface area contributed by atoms with Crippen molar-refractivity contribution >= 4 is 11.6 Å². The van der Waals surface area contributed by atoms with Crippen molar-refractivity contribution in [2.45, 2.75) is 19.7 Å². The largest absolute Gasteiger partial charge is 0.433 e. The molecule has 0 radical (unpaired) electrons. The van der Waals surface area contributed by atoms with Gasteiger partial charge in [-0.05, 0) is 24.6 Å². The molecule has 0 aliphatic carbocycles. The molecule has 1 aromatic carbocycles. The zero-order valence-electron chi connectivity index (χ0n) is 12.5. The number of benzene rings is 1. The van der Waals surface area contributed by atoms with E-state index in [2.05, 4.69) is 15.2 Å². The first kappa shape index (κ1) is 17.7. The Balaban J connectivity index is 2.27. The van der Waals surface area contributed by atoms with Crippen LogP contribution in [0.1, 0.15) is 21.7 Å². The van der Waals surface area contributed by atoms with Gasteiger partial charge in [-0.2, -0.15) is 27.1 Å². The number of carbonyl (C=O) groups is 1. The molecule has 0 saturated carbocycles. The van der Waals surface area contributed by atoms with Gasteiger partial charge in [0.25, 0.3) is 5.91 Å². The van der Waals surface area contributed by atoms with Crippen molar-refractivity contribution in [1.82, 2.24) is 9.78 Å². The smallest absolute Gasteiger partial charge is 0.433 e. The minimum absolute atomic E-state index is 0.106. The van der Waals surface area contributed by atoms with Gasteiger partial charge in [-0.25, -0.2) is 0 Å². The molecular formula is C14H12F5N3O2. The lowest BCUT2D eigenvalue weighted by Gasteiger charge is -2.12. The Labute approximate surface area is 133 Å². The first-order valence-electron chi connectivity index (χ1n) is 6.56. The van der Waals surface area contributed by atoms with Gasteiger partial charge in [-0.15, -0.1) is 0 Å². The number of aryl methyl sites for hydroxylation is 2. The van der Waals surface area contributed by atoms with Crippen LogP contribution >= 0.6 is 0 Å². The molecule has 1 N–H and O–H groups in total. The fourth-order valence-electron chi connectivity index (χ4n) is 1.96. The molecule has 2 rings (SSSR count). The summed E-state index contributed by atoms with van der Waals surface area (Å²) in [7, 11) is 1.04. The maximum absolute atomic E-state index is 12.7. The van der Waals surface area contributed by atoms with E-state index < -0.39 is 30.1 Å². The van der Waals surface area contributed by atoms with Gasteiger partial charge in [0.1, 0.15) is 11.4 Å². The second kappa shape index (κ2) is 6.46. The third-order valence-corrected chi connectivity index (χ3v) is 3.00. The maximum Gasteiger partial charge on any atom is 0.433 e. The van der Waals surface area contributed by atoms with Crippen LogP contribution < -0.4 is 10.1 Å². The minimum Gasteiger partial charge on any atom is -0.433 e. The Morgan fingerprint density at radius 3 is 2.50 bits per heavy atom. The monoisotopic (exact) mass is 349 g/mol. The van der Waals surface area contributed by atoms with Gasteiger partial charge in [0, 0.05) is 13.1 Å². The number of ether oxygens (including phenoxy) is 1. The molecule has 24 heavy (non-hydrogen) atoms. The van der Waals surface area contributed by atoms with E-state index in [-0.39, 0.29) is 11.4 Å². The number of aromatic nitrogens is 2. The van der Waals surface area contributed by atoms with E-state index >= 15 is 0 Å². The van der Waals surface area contributed by atoms with Crippen molar-refractivity contribution < 1.29 is 31.5 Å². The number of halogens is 5. The number of hydrogen-bond donors (Lipinski definition) is 1. The summed E-state index contributed by atoms with van der Waals surface area (Å²) in [6.07, 6.45) is -4.67. The molecule has 0 aliphatic rings. The van der Waals surface area contributed by atoms with Crippen LogP contribution in [0.3, 0.4) is 0 Å². The molecule has 0 saturated heterocycles. The van der Waals surface area contributed by atoms with Crippen LogP contribution in [0.5, 0.6) is 5.75 Å². The van der Waals surface area contributed by atoms with Crippen molar-refractivity contribution in [3.8, 4) is 5.75 Å².